The van der Waals surface area contributed by atoms with Crippen molar-refractivity contribution in [3.05, 3.63) is 47.8 Å². The van der Waals surface area contributed by atoms with Crippen LogP contribution in [0, 0.1) is 0 Å². The van der Waals surface area contributed by atoms with Crippen molar-refractivity contribution in [2.45, 2.75) is 17.2 Å². The van der Waals surface area contributed by atoms with Crippen LogP contribution in [0.15, 0.2) is 40.9 Å². The molecule has 0 spiro atoms. The van der Waals surface area contributed by atoms with E-state index in [-0.39, 0.29) is 17.4 Å². The highest BCUT2D eigenvalue weighted by Crippen LogP contribution is 2.29. The fourth-order valence-corrected chi connectivity index (χ4v) is 4.79. The number of carbonyl (C=O) groups is 2. The van der Waals surface area contributed by atoms with Gasteiger partial charge < -0.3 is 19.9 Å². The Labute approximate surface area is 182 Å². The molecule has 1 aromatic carbocycles. The molecule has 1 aliphatic heterocycles. The number of carbonyl (C=O) groups excluding carboxylic acids is 2. The zero-order valence-electron chi connectivity index (χ0n) is 16.4. The van der Waals surface area contributed by atoms with Crippen LogP contribution in [0.2, 0.25) is 0 Å². The van der Waals surface area contributed by atoms with Crippen molar-refractivity contribution >= 4 is 45.6 Å². The maximum Gasteiger partial charge on any atom is 0.270 e. The number of hydrogen-bond acceptors (Lipinski definition) is 8. The Morgan fingerprint density at radius 2 is 2.10 bits per heavy atom. The van der Waals surface area contributed by atoms with Crippen molar-refractivity contribution in [2.24, 2.45) is 0 Å². The summed E-state index contributed by atoms with van der Waals surface area (Å²) in [6.45, 7) is 1.56. The van der Waals surface area contributed by atoms with Crippen LogP contribution in [0.4, 0.5) is 10.8 Å². The van der Waals surface area contributed by atoms with E-state index in [1.807, 2.05) is 29.2 Å². The van der Waals surface area contributed by atoms with Gasteiger partial charge in [-0.3, -0.25) is 9.59 Å². The number of aromatic amines is 1. The molecule has 1 fully saturated rings. The molecule has 1 amide bonds. The Hall–Kier alpha value is -2.85. The number of benzene rings is 1. The number of Topliss-reactive ketones (excluding diaryl/α,β-unsaturated/α-hetero) is 1. The van der Waals surface area contributed by atoms with Crippen LogP contribution in [0.3, 0.4) is 0 Å². The predicted octanol–water partition coefficient (Wildman–Crippen LogP) is 3.83. The second-order valence-corrected chi connectivity index (χ2v) is 8.94. The molecule has 1 saturated heterocycles. The van der Waals surface area contributed by atoms with Gasteiger partial charge >= 0.3 is 0 Å². The van der Waals surface area contributed by atoms with E-state index in [9.17, 15) is 9.59 Å². The Morgan fingerprint density at radius 1 is 1.27 bits per heavy atom. The van der Waals surface area contributed by atoms with Gasteiger partial charge in [0.25, 0.3) is 5.91 Å². The number of rotatable bonds is 8. The van der Waals surface area contributed by atoms with Gasteiger partial charge in [-0.15, -0.1) is 10.2 Å². The Balaban J connectivity index is 1.31. The van der Waals surface area contributed by atoms with Gasteiger partial charge in [0, 0.05) is 36.6 Å². The lowest BCUT2D eigenvalue weighted by atomic mass is 10.2. The monoisotopic (exact) mass is 443 g/mol. The lowest BCUT2D eigenvalue weighted by Crippen LogP contribution is -2.27. The highest BCUT2D eigenvalue weighted by molar-refractivity contribution is 8.01. The number of ketones is 1. The summed E-state index contributed by atoms with van der Waals surface area (Å²) in [5, 5.41) is 12.1. The fraction of sp³-hybridized carbons (Fsp3) is 0.300. The summed E-state index contributed by atoms with van der Waals surface area (Å²) in [7, 11) is 1.62. The molecule has 0 radical (unpaired) electrons. The molecule has 2 N–H and O–H groups in total. The van der Waals surface area contributed by atoms with Crippen LogP contribution in [-0.4, -0.2) is 57.7 Å². The third-order valence-corrected chi connectivity index (χ3v) is 6.65. The van der Waals surface area contributed by atoms with Crippen molar-refractivity contribution in [1.82, 2.24) is 20.1 Å². The third-order valence-electron chi connectivity index (χ3n) is 4.68. The van der Waals surface area contributed by atoms with Gasteiger partial charge in [-0.1, -0.05) is 29.2 Å². The molecule has 0 unspecified atom stereocenters. The van der Waals surface area contributed by atoms with E-state index in [0.717, 1.165) is 37.4 Å². The minimum Gasteiger partial charge on any atom is -0.497 e. The van der Waals surface area contributed by atoms with Crippen molar-refractivity contribution in [2.75, 3.05) is 31.3 Å². The average Bonchev–Trinajstić information content (AvgIpc) is 3.53. The first-order valence-corrected chi connectivity index (χ1v) is 11.3. The first-order valence-electron chi connectivity index (χ1n) is 9.50. The SMILES string of the molecule is COc1cccc(Nc2nnc(SCC(=O)c3c[nH]c(C(=O)N4CCCC4)c3)s2)c1. The zero-order chi connectivity index (χ0) is 20.9. The number of ether oxygens (including phenoxy) is 1. The summed E-state index contributed by atoms with van der Waals surface area (Å²) in [5.74, 6) is 0.868. The highest BCUT2D eigenvalue weighted by Gasteiger charge is 2.22. The molecule has 3 heterocycles. The molecule has 10 heteroatoms. The summed E-state index contributed by atoms with van der Waals surface area (Å²) in [6.07, 6.45) is 3.67. The van der Waals surface area contributed by atoms with Gasteiger partial charge in [0.05, 0.1) is 12.9 Å². The number of methoxy groups -OCH3 is 1. The number of nitrogens with one attached hydrogen (secondary N) is 2. The van der Waals surface area contributed by atoms with Crippen molar-refractivity contribution in [3.8, 4) is 5.75 Å². The Morgan fingerprint density at radius 3 is 2.90 bits per heavy atom. The number of amides is 1. The van der Waals surface area contributed by atoms with Gasteiger partial charge in [0.1, 0.15) is 11.4 Å². The van der Waals surface area contributed by atoms with Crippen LogP contribution >= 0.6 is 23.1 Å². The molecule has 3 aromatic rings. The minimum absolute atomic E-state index is 0.0448. The van der Waals surface area contributed by atoms with Crippen LogP contribution in [0.25, 0.3) is 0 Å². The normalized spacial score (nSPS) is 13.4. The van der Waals surface area contributed by atoms with Crippen LogP contribution in [0.5, 0.6) is 5.75 Å². The summed E-state index contributed by atoms with van der Waals surface area (Å²) < 4.78 is 5.90. The van der Waals surface area contributed by atoms with Crippen LogP contribution in [0.1, 0.15) is 33.7 Å². The molecule has 156 valence electrons. The maximum atomic E-state index is 12.5. The number of nitrogens with zero attached hydrogens (tertiary/aromatic N) is 3. The lowest BCUT2D eigenvalue weighted by Gasteiger charge is -2.13. The second-order valence-electron chi connectivity index (χ2n) is 6.74. The summed E-state index contributed by atoms with van der Waals surface area (Å²) in [5.41, 5.74) is 1.82. The third kappa shape index (κ3) is 4.82. The van der Waals surface area contributed by atoms with E-state index in [1.54, 1.807) is 19.4 Å². The molecular weight excluding hydrogens is 422 g/mol. The van der Waals surface area contributed by atoms with E-state index in [4.69, 9.17) is 4.74 Å². The first kappa shape index (κ1) is 20.4. The van der Waals surface area contributed by atoms with Crippen LogP contribution in [-0.2, 0) is 0 Å². The molecule has 0 aliphatic carbocycles. The van der Waals surface area contributed by atoms with E-state index in [1.165, 1.54) is 23.1 Å². The van der Waals surface area contributed by atoms with Gasteiger partial charge in [-0.25, -0.2) is 0 Å². The fourth-order valence-electron chi connectivity index (χ4n) is 3.12. The van der Waals surface area contributed by atoms with E-state index in [0.29, 0.717) is 20.7 Å². The van der Waals surface area contributed by atoms with Crippen molar-refractivity contribution < 1.29 is 14.3 Å². The molecule has 0 saturated carbocycles. The minimum atomic E-state index is -0.0609. The number of hydrogen-bond donors (Lipinski definition) is 2. The Kier molecular flexibility index (Phi) is 6.34. The van der Waals surface area contributed by atoms with Gasteiger partial charge in [-0.2, -0.15) is 0 Å². The number of anilines is 2. The number of likely N-dealkylation sites (tertiary alicyclic amines) is 1. The summed E-state index contributed by atoms with van der Waals surface area (Å²) >= 11 is 2.70. The average molecular weight is 444 g/mol. The molecule has 0 bridgehead atoms. The first-order chi connectivity index (χ1) is 14.6. The molecular formula is C20H21N5O3S2. The maximum absolute atomic E-state index is 12.5. The number of H-pyrrole nitrogens is 1. The largest absolute Gasteiger partial charge is 0.497 e. The van der Waals surface area contributed by atoms with Gasteiger partial charge in [0.2, 0.25) is 5.13 Å². The highest BCUT2D eigenvalue weighted by atomic mass is 32.2. The van der Waals surface area contributed by atoms with Crippen molar-refractivity contribution in [1.29, 1.82) is 0 Å². The number of thioether (sulfide) groups is 1. The van der Waals surface area contributed by atoms with Crippen LogP contribution < -0.4 is 10.1 Å². The topological polar surface area (TPSA) is 100 Å². The molecule has 30 heavy (non-hydrogen) atoms. The van der Waals surface area contributed by atoms with Gasteiger partial charge in [0.15, 0.2) is 10.1 Å². The smallest absolute Gasteiger partial charge is 0.270 e. The van der Waals surface area contributed by atoms with Gasteiger partial charge in [-0.05, 0) is 31.0 Å². The summed E-state index contributed by atoms with van der Waals surface area (Å²) in [6, 6.07) is 9.16. The van der Waals surface area contributed by atoms with E-state index in [2.05, 4.69) is 20.5 Å². The zero-order valence-corrected chi connectivity index (χ0v) is 18.0. The molecule has 1 aliphatic rings. The molecule has 2 aromatic heterocycles. The second kappa shape index (κ2) is 9.31. The van der Waals surface area contributed by atoms with Crippen molar-refractivity contribution in [3.63, 3.8) is 0 Å². The molecule has 4 rings (SSSR count). The molecule has 0 atom stereocenters. The lowest BCUT2D eigenvalue weighted by molar-refractivity contribution is 0.0787. The van der Waals surface area contributed by atoms with E-state index >= 15 is 0 Å². The quantitative estimate of drug-likeness (QED) is 0.403. The Bertz CT molecular complexity index is 1040. The van der Waals surface area contributed by atoms with E-state index < -0.39 is 0 Å². The summed E-state index contributed by atoms with van der Waals surface area (Å²) in [4.78, 5) is 29.7. The molecule has 8 nitrogen and oxygen atoms in total. The number of aromatic nitrogens is 3. The standard InChI is InChI=1S/C20H21N5O3S2/c1-28-15-6-4-5-14(10-15)22-19-23-24-20(30-19)29-12-17(26)13-9-16(21-11-13)18(27)25-7-2-3-8-25/h4-6,9-11,21H,2-3,7-8,12H2,1H3,(H,22,23). The predicted molar refractivity (Wildman–Crippen MR) is 117 cm³/mol.